The molecule has 0 saturated carbocycles. The summed E-state index contributed by atoms with van der Waals surface area (Å²) >= 11 is 0. The normalized spacial score (nSPS) is 21.2. The van der Waals surface area contributed by atoms with E-state index in [2.05, 4.69) is 10.0 Å². The Morgan fingerprint density at radius 1 is 1.28 bits per heavy atom. The Labute approximate surface area is 147 Å². The number of sulfonamides is 1. The molecule has 1 atom stereocenters. The van der Waals surface area contributed by atoms with Crippen LogP contribution in [-0.2, 0) is 26.0 Å². The molecule has 0 spiro atoms. The minimum atomic E-state index is -3.79. The first kappa shape index (κ1) is 17.9. The monoisotopic (exact) mass is 365 g/mol. The highest BCUT2D eigenvalue weighted by molar-refractivity contribution is 7.89. The molecule has 2 aliphatic rings. The smallest absolute Gasteiger partial charge is 0.241 e. The molecule has 7 nitrogen and oxygen atoms in total. The zero-order chi connectivity index (χ0) is 18.0. The second kappa shape index (κ2) is 7.13. The molecule has 2 amide bonds. The van der Waals surface area contributed by atoms with Gasteiger partial charge in [-0.1, -0.05) is 0 Å². The van der Waals surface area contributed by atoms with Crippen molar-refractivity contribution in [2.24, 2.45) is 0 Å². The summed E-state index contributed by atoms with van der Waals surface area (Å²) in [6.45, 7) is 2.73. The highest BCUT2D eigenvalue weighted by Crippen LogP contribution is 2.29. The third kappa shape index (κ3) is 3.85. The molecule has 0 aliphatic carbocycles. The number of benzene rings is 1. The largest absolute Gasteiger partial charge is 0.355 e. The lowest BCUT2D eigenvalue weighted by Gasteiger charge is -2.29. The summed E-state index contributed by atoms with van der Waals surface area (Å²) in [6.07, 6.45) is 3.67. The number of fused-ring (bicyclic) bond motifs is 1. The van der Waals surface area contributed by atoms with E-state index in [4.69, 9.17) is 0 Å². The SMILES string of the molecule is CC(=O)N1CCCc2cc(S(=O)(=O)N[C@H]3CCCCNC3=O)ccc21. The highest BCUT2D eigenvalue weighted by atomic mass is 32.2. The van der Waals surface area contributed by atoms with E-state index in [1.165, 1.54) is 13.0 Å². The predicted molar refractivity (Wildman–Crippen MR) is 93.8 cm³/mol. The molecule has 1 aromatic carbocycles. The van der Waals surface area contributed by atoms with E-state index in [1.807, 2.05) is 0 Å². The minimum absolute atomic E-state index is 0.0511. The van der Waals surface area contributed by atoms with Gasteiger partial charge in [0, 0.05) is 25.7 Å². The summed E-state index contributed by atoms with van der Waals surface area (Å²) in [5.74, 6) is -0.327. The molecule has 0 unspecified atom stereocenters. The van der Waals surface area contributed by atoms with Crippen molar-refractivity contribution in [2.45, 2.75) is 50.0 Å². The molecule has 3 rings (SSSR count). The summed E-state index contributed by atoms with van der Waals surface area (Å²) < 4.78 is 27.9. The number of hydrogen-bond donors (Lipinski definition) is 2. The Bertz CT molecular complexity index is 791. The first-order valence-corrected chi connectivity index (χ1v) is 10.1. The van der Waals surface area contributed by atoms with Crippen molar-refractivity contribution in [3.05, 3.63) is 23.8 Å². The molecule has 8 heteroatoms. The molecule has 2 aliphatic heterocycles. The number of carbonyl (C=O) groups is 2. The fourth-order valence-corrected chi connectivity index (χ4v) is 4.65. The topological polar surface area (TPSA) is 95.6 Å². The van der Waals surface area contributed by atoms with E-state index in [0.29, 0.717) is 19.5 Å². The van der Waals surface area contributed by atoms with Crippen LogP contribution in [0.25, 0.3) is 0 Å². The van der Waals surface area contributed by atoms with E-state index in [-0.39, 0.29) is 16.7 Å². The van der Waals surface area contributed by atoms with Crippen LogP contribution in [0.15, 0.2) is 23.1 Å². The second-order valence-corrected chi connectivity index (χ2v) is 8.24. The lowest BCUT2D eigenvalue weighted by molar-refractivity contribution is -0.122. The number of nitrogens with zero attached hydrogens (tertiary/aromatic N) is 1. The molecule has 2 N–H and O–H groups in total. The Balaban J connectivity index is 1.85. The van der Waals surface area contributed by atoms with Gasteiger partial charge in [0.05, 0.1) is 4.90 Å². The van der Waals surface area contributed by atoms with Gasteiger partial charge in [0.1, 0.15) is 6.04 Å². The molecule has 0 aromatic heterocycles. The van der Waals surface area contributed by atoms with Crippen LogP contribution in [0.3, 0.4) is 0 Å². The van der Waals surface area contributed by atoms with Crippen molar-refractivity contribution in [1.82, 2.24) is 10.0 Å². The maximum absolute atomic E-state index is 12.7. The molecular weight excluding hydrogens is 342 g/mol. The quantitative estimate of drug-likeness (QED) is 0.833. The molecule has 136 valence electrons. The first-order chi connectivity index (χ1) is 11.9. The Kier molecular flexibility index (Phi) is 5.10. The third-order valence-corrected chi connectivity index (χ3v) is 6.16. The summed E-state index contributed by atoms with van der Waals surface area (Å²) in [4.78, 5) is 25.5. The van der Waals surface area contributed by atoms with Crippen LogP contribution < -0.4 is 14.9 Å². The van der Waals surface area contributed by atoms with E-state index >= 15 is 0 Å². The van der Waals surface area contributed by atoms with Crippen LogP contribution >= 0.6 is 0 Å². The van der Waals surface area contributed by atoms with Gasteiger partial charge in [-0.3, -0.25) is 9.59 Å². The second-order valence-electron chi connectivity index (χ2n) is 6.53. The van der Waals surface area contributed by atoms with E-state index in [0.717, 1.165) is 36.9 Å². The van der Waals surface area contributed by atoms with Gasteiger partial charge in [0.15, 0.2) is 0 Å². The van der Waals surface area contributed by atoms with Crippen LogP contribution in [0.1, 0.15) is 38.2 Å². The Morgan fingerprint density at radius 2 is 2.08 bits per heavy atom. The van der Waals surface area contributed by atoms with Crippen LogP contribution in [0.2, 0.25) is 0 Å². The number of nitrogens with one attached hydrogen (secondary N) is 2. The minimum Gasteiger partial charge on any atom is -0.355 e. The lowest BCUT2D eigenvalue weighted by atomic mass is 10.0. The summed E-state index contributed by atoms with van der Waals surface area (Å²) in [5, 5.41) is 2.73. The van der Waals surface area contributed by atoms with Crippen molar-refractivity contribution in [2.75, 3.05) is 18.0 Å². The number of carbonyl (C=O) groups excluding carboxylic acids is 2. The van der Waals surface area contributed by atoms with Crippen LogP contribution in [0, 0.1) is 0 Å². The molecule has 2 heterocycles. The molecule has 0 radical (unpaired) electrons. The molecule has 1 fully saturated rings. The summed E-state index contributed by atoms with van der Waals surface area (Å²) in [5.41, 5.74) is 1.61. The van der Waals surface area contributed by atoms with Gasteiger partial charge in [0.2, 0.25) is 21.8 Å². The van der Waals surface area contributed by atoms with E-state index in [1.54, 1.807) is 17.0 Å². The molecule has 1 aromatic rings. The zero-order valence-corrected chi connectivity index (χ0v) is 15.1. The standard InChI is InChI=1S/C17H23N3O4S/c1-12(21)20-10-4-5-13-11-14(7-8-16(13)20)25(23,24)19-15-6-2-3-9-18-17(15)22/h7-8,11,15,19H,2-6,9-10H2,1H3,(H,18,22)/t15-/m0/s1. The number of rotatable bonds is 3. The number of hydrogen-bond acceptors (Lipinski definition) is 4. The van der Waals surface area contributed by atoms with Crippen molar-refractivity contribution < 1.29 is 18.0 Å². The van der Waals surface area contributed by atoms with Crippen molar-refractivity contribution in [3.8, 4) is 0 Å². The fourth-order valence-electron chi connectivity index (χ4n) is 3.37. The van der Waals surface area contributed by atoms with Gasteiger partial charge < -0.3 is 10.2 Å². The molecule has 25 heavy (non-hydrogen) atoms. The van der Waals surface area contributed by atoms with Gasteiger partial charge in [-0.15, -0.1) is 0 Å². The van der Waals surface area contributed by atoms with Gasteiger partial charge in [0.25, 0.3) is 0 Å². The van der Waals surface area contributed by atoms with Crippen molar-refractivity contribution in [1.29, 1.82) is 0 Å². The van der Waals surface area contributed by atoms with Crippen molar-refractivity contribution >= 4 is 27.5 Å². The summed E-state index contributed by atoms with van der Waals surface area (Å²) in [6, 6.07) is 4.05. The maximum atomic E-state index is 12.7. The van der Waals surface area contributed by atoms with Crippen LogP contribution in [0.4, 0.5) is 5.69 Å². The Morgan fingerprint density at radius 3 is 2.84 bits per heavy atom. The number of anilines is 1. The number of amides is 2. The predicted octanol–water partition coefficient (Wildman–Crippen LogP) is 0.933. The van der Waals surface area contributed by atoms with Gasteiger partial charge in [-0.05, 0) is 55.9 Å². The number of aryl methyl sites for hydroxylation is 1. The first-order valence-electron chi connectivity index (χ1n) is 8.59. The van der Waals surface area contributed by atoms with Crippen LogP contribution in [0.5, 0.6) is 0 Å². The maximum Gasteiger partial charge on any atom is 0.241 e. The highest BCUT2D eigenvalue weighted by Gasteiger charge is 2.28. The van der Waals surface area contributed by atoms with E-state index in [9.17, 15) is 18.0 Å². The molecule has 1 saturated heterocycles. The van der Waals surface area contributed by atoms with Gasteiger partial charge >= 0.3 is 0 Å². The average molecular weight is 365 g/mol. The van der Waals surface area contributed by atoms with Gasteiger partial charge in [-0.2, -0.15) is 4.72 Å². The Hall–Kier alpha value is -1.93. The van der Waals surface area contributed by atoms with Crippen molar-refractivity contribution in [3.63, 3.8) is 0 Å². The average Bonchev–Trinajstić information content (AvgIpc) is 2.78. The van der Waals surface area contributed by atoms with Gasteiger partial charge in [-0.25, -0.2) is 8.42 Å². The van der Waals surface area contributed by atoms with Crippen LogP contribution in [-0.4, -0.2) is 39.4 Å². The zero-order valence-electron chi connectivity index (χ0n) is 14.2. The summed E-state index contributed by atoms with van der Waals surface area (Å²) in [7, 11) is -3.79. The molecule has 0 bridgehead atoms. The van der Waals surface area contributed by atoms with E-state index < -0.39 is 16.1 Å². The third-order valence-electron chi connectivity index (χ3n) is 4.69. The lowest BCUT2D eigenvalue weighted by Crippen LogP contribution is -2.45. The molecular formula is C17H23N3O4S. The fraction of sp³-hybridized carbons (Fsp3) is 0.529.